The lowest BCUT2D eigenvalue weighted by Crippen LogP contribution is -2.29. The van der Waals surface area contributed by atoms with Gasteiger partial charge in [-0.2, -0.15) is 0 Å². The minimum atomic E-state index is -0.582. The van der Waals surface area contributed by atoms with Crippen LogP contribution in [0.5, 0.6) is 0 Å². The number of hydrogen-bond donors (Lipinski definition) is 0. The number of para-hydroxylation sites is 3. The van der Waals surface area contributed by atoms with E-state index in [1.165, 1.54) is 50.1 Å². The van der Waals surface area contributed by atoms with E-state index in [-0.39, 0.29) is 0 Å². The predicted molar refractivity (Wildman–Crippen MR) is 252 cm³/mol. The lowest BCUT2D eigenvalue weighted by atomic mass is 9.66. The molecule has 5 heteroatoms. The summed E-state index contributed by atoms with van der Waals surface area (Å²) in [5, 5.41) is 4.04. The molecule has 0 bridgehead atoms. The predicted octanol–water partition coefficient (Wildman–Crippen LogP) is 14.7. The lowest BCUT2D eigenvalue weighted by Gasteiger charge is -2.35. The summed E-state index contributed by atoms with van der Waals surface area (Å²) in [6, 6.07) is 71.1. The van der Waals surface area contributed by atoms with Crippen molar-refractivity contribution >= 4 is 43.9 Å². The van der Waals surface area contributed by atoms with E-state index in [0.717, 1.165) is 66.1 Å². The Morgan fingerprint density at radius 3 is 1.46 bits per heavy atom. The molecule has 0 atom stereocenters. The van der Waals surface area contributed by atoms with Crippen molar-refractivity contribution in [3.63, 3.8) is 0 Å². The number of nitrogens with zero attached hydrogens (tertiary/aromatic N) is 3. The van der Waals surface area contributed by atoms with Gasteiger partial charge in [0.2, 0.25) is 0 Å². The summed E-state index contributed by atoms with van der Waals surface area (Å²) >= 11 is 0. The van der Waals surface area contributed by atoms with Gasteiger partial charge in [0.1, 0.15) is 22.3 Å². The van der Waals surface area contributed by atoms with Gasteiger partial charge in [0.15, 0.2) is 17.5 Å². The van der Waals surface area contributed by atoms with Crippen LogP contribution in [0, 0.1) is 0 Å². The minimum absolute atomic E-state index is 0.534. The highest BCUT2D eigenvalue weighted by Crippen LogP contribution is 2.61. The normalized spacial score (nSPS) is 13.2. The Hall–Kier alpha value is -8.41. The van der Waals surface area contributed by atoms with Crippen LogP contribution in [0.1, 0.15) is 22.3 Å². The minimum Gasteiger partial charge on any atom is -0.456 e. The second-order valence-corrected chi connectivity index (χ2v) is 16.6. The summed E-state index contributed by atoms with van der Waals surface area (Å²) in [5.41, 5.74) is 17.5. The topological polar surface area (TPSA) is 65.0 Å². The molecule has 0 saturated carbocycles. The largest absolute Gasteiger partial charge is 0.456 e. The molecule has 3 aromatic heterocycles. The molecular weight excluding hydrogens is 771 g/mol. The third-order valence-electron chi connectivity index (χ3n) is 13.4. The molecule has 0 saturated heterocycles. The SMILES string of the molecule is c1ccc2c(c1)-c1ccccc1C1(c3ccccc3-2)c2ccccc2-c2cc(-c3nc(-c4cccc5c4oc4ccccc45)nc(-c4cccc5oc6ccccc6c45)n3)ccc21. The van der Waals surface area contributed by atoms with Crippen molar-refractivity contribution in [3.8, 4) is 67.5 Å². The van der Waals surface area contributed by atoms with Gasteiger partial charge in [-0.25, -0.2) is 15.0 Å². The number of benzene rings is 9. The molecule has 14 rings (SSSR count). The first-order valence-electron chi connectivity index (χ1n) is 21.3. The number of furan rings is 2. The van der Waals surface area contributed by atoms with E-state index < -0.39 is 5.41 Å². The monoisotopic (exact) mass is 803 g/mol. The number of hydrogen-bond acceptors (Lipinski definition) is 5. The molecule has 3 heterocycles. The second kappa shape index (κ2) is 12.8. The van der Waals surface area contributed by atoms with Crippen LogP contribution in [-0.2, 0) is 5.41 Å². The maximum atomic E-state index is 6.58. The molecule has 0 unspecified atom stereocenters. The number of aromatic nitrogens is 3. The Labute approximate surface area is 361 Å². The zero-order chi connectivity index (χ0) is 41.2. The van der Waals surface area contributed by atoms with Crippen molar-refractivity contribution in [1.29, 1.82) is 0 Å². The third kappa shape index (κ3) is 4.68. The fraction of sp³-hybridized carbons (Fsp3) is 0.0172. The van der Waals surface area contributed by atoms with Crippen molar-refractivity contribution < 1.29 is 8.83 Å². The lowest BCUT2D eigenvalue weighted by molar-refractivity contribution is 0.668. The van der Waals surface area contributed by atoms with Gasteiger partial charge in [0.25, 0.3) is 0 Å². The highest BCUT2D eigenvalue weighted by Gasteiger charge is 2.49. The van der Waals surface area contributed by atoms with Gasteiger partial charge in [-0.1, -0.05) is 170 Å². The zero-order valence-corrected chi connectivity index (χ0v) is 33.7. The van der Waals surface area contributed by atoms with Gasteiger partial charge in [-0.15, -0.1) is 0 Å². The standard InChI is InChI=1S/C58H33N3O2/c1-2-16-36-35(15-1)37-17-3-8-25-46(37)58(47-26-9-4-18-38(36)47)48-27-10-5-19-39(48)45-33-34(31-32-49(45)58)55-59-56(43-23-14-30-52-53(43)42-21-7-12-29-51(42)62-52)61-57(60-55)44-24-13-22-41-40-20-6-11-28-50(40)63-54(41)44/h1-33H. The van der Waals surface area contributed by atoms with Crippen molar-refractivity contribution in [2.75, 3.05) is 0 Å². The molecule has 2 aliphatic rings. The van der Waals surface area contributed by atoms with Crippen molar-refractivity contribution in [1.82, 2.24) is 15.0 Å². The quantitative estimate of drug-likeness (QED) is 0.178. The molecule has 0 fully saturated rings. The van der Waals surface area contributed by atoms with E-state index in [9.17, 15) is 0 Å². The molecule has 1 spiro atoms. The van der Waals surface area contributed by atoms with Crippen molar-refractivity contribution in [2.45, 2.75) is 5.41 Å². The van der Waals surface area contributed by atoms with Gasteiger partial charge in [0, 0.05) is 32.7 Å². The molecule has 12 aromatic rings. The first-order chi connectivity index (χ1) is 31.2. The van der Waals surface area contributed by atoms with Crippen LogP contribution in [0.25, 0.3) is 111 Å². The van der Waals surface area contributed by atoms with Gasteiger partial charge in [0.05, 0.1) is 11.0 Å². The van der Waals surface area contributed by atoms with Gasteiger partial charge < -0.3 is 8.83 Å². The number of rotatable bonds is 3. The van der Waals surface area contributed by atoms with Crippen LogP contribution >= 0.6 is 0 Å². The smallest absolute Gasteiger partial charge is 0.167 e. The van der Waals surface area contributed by atoms with E-state index in [2.05, 4.69) is 146 Å². The molecule has 5 nitrogen and oxygen atoms in total. The van der Waals surface area contributed by atoms with Crippen LogP contribution < -0.4 is 0 Å². The average molecular weight is 804 g/mol. The molecule has 2 aliphatic carbocycles. The Balaban J connectivity index is 1.05. The summed E-state index contributed by atoms with van der Waals surface area (Å²) in [6.07, 6.45) is 0. The van der Waals surface area contributed by atoms with Crippen molar-refractivity contribution in [2.24, 2.45) is 0 Å². The van der Waals surface area contributed by atoms with Crippen LogP contribution in [0.2, 0.25) is 0 Å². The highest BCUT2D eigenvalue weighted by atomic mass is 16.3. The maximum absolute atomic E-state index is 6.58. The Morgan fingerprint density at radius 2 is 0.762 bits per heavy atom. The summed E-state index contributed by atoms with van der Waals surface area (Å²) < 4.78 is 13.0. The maximum Gasteiger partial charge on any atom is 0.167 e. The Morgan fingerprint density at radius 1 is 0.302 bits per heavy atom. The number of fused-ring (bicyclic) bond motifs is 18. The Kier molecular flexibility index (Phi) is 6.97. The molecule has 292 valence electrons. The fourth-order valence-corrected chi connectivity index (χ4v) is 10.8. The molecule has 0 N–H and O–H groups in total. The molecule has 9 aromatic carbocycles. The van der Waals surface area contributed by atoms with E-state index >= 15 is 0 Å². The van der Waals surface area contributed by atoms with Gasteiger partial charge in [-0.3, -0.25) is 0 Å². The van der Waals surface area contributed by atoms with Gasteiger partial charge >= 0.3 is 0 Å². The van der Waals surface area contributed by atoms with Crippen LogP contribution in [-0.4, -0.2) is 15.0 Å². The first-order valence-corrected chi connectivity index (χ1v) is 21.3. The average Bonchev–Trinajstić information content (AvgIpc) is 4.00. The summed E-state index contributed by atoms with van der Waals surface area (Å²) in [5.74, 6) is 1.66. The Bertz CT molecular complexity index is 3830. The molecule has 0 aliphatic heterocycles. The van der Waals surface area contributed by atoms with E-state index in [1.54, 1.807) is 0 Å². The van der Waals surface area contributed by atoms with Crippen molar-refractivity contribution in [3.05, 3.63) is 222 Å². The van der Waals surface area contributed by atoms with Gasteiger partial charge in [-0.05, 0) is 86.0 Å². The zero-order valence-electron chi connectivity index (χ0n) is 33.7. The summed E-state index contributed by atoms with van der Waals surface area (Å²) in [6.45, 7) is 0. The van der Waals surface area contributed by atoms with E-state index in [0.29, 0.717) is 17.5 Å². The summed E-state index contributed by atoms with van der Waals surface area (Å²) in [4.78, 5) is 16.0. The molecular formula is C58H33N3O2. The molecule has 63 heavy (non-hydrogen) atoms. The first kappa shape index (κ1) is 34.3. The third-order valence-corrected chi connectivity index (χ3v) is 13.4. The molecule has 0 amide bonds. The van der Waals surface area contributed by atoms with E-state index in [1.807, 2.05) is 54.6 Å². The van der Waals surface area contributed by atoms with Crippen LogP contribution in [0.15, 0.2) is 209 Å². The van der Waals surface area contributed by atoms with E-state index in [4.69, 9.17) is 23.8 Å². The summed E-state index contributed by atoms with van der Waals surface area (Å²) in [7, 11) is 0. The molecule has 0 radical (unpaired) electrons. The highest BCUT2D eigenvalue weighted by molar-refractivity contribution is 6.12. The second-order valence-electron chi connectivity index (χ2n) is 16.6. The fourth-order valence-electron chi connectivity index (χ4n) is 10.8. The van der Waals surface area contributed by atoms with Crippen LogP contribution in [0.3, 0.4) is 0 Å². The van der Waals surface area contributed by atoms with Crippen LogP contribution in [0.4, 0.5) is 0 Å².